The van der Waals surface area contributed by atoms with Gasteiger partial charge in [0.25, 0.3) is 0 Å². The smallest absolute Gasteiger partial charge is 0 e. The predicted octanol–water partition coefficient (Wildman–Crippen LogP) is 1.95. The minimum Gasteiger partial charge on any atom is -0.541 e. The van der Waals surface area contributed by atoms with Crippen LogP contribution in [0.5, 0.6) is 0 Å². The first-order valence-electron chi connectivity index (χ1n) is 2.41. The van der Waals surface area contributed by atoms with Crippen LogP contribution in [0.4, 0.5) is 0 Å². The Hall–Kier alpha value is 1.47. The Morgan fingerprint density at radius 2 is 1.80 bits per heavy atom. The summed E-state index contributed by atoms with van der Waals surface area (Å²) < 4.78 is 0. The molecule has 4 heteroatoms. The molecule has 57 valence electrons. The molecule has 0 saturated carbocycles. The second-order valence-corrected chi connectivity index (χ2v) is 4.65. The fraction of sp³-hybridized carbons (Fsp3) is 0.667. The third kappa shape index (κ3) is 3.75. The second-order valence-electron chi connectivity index (χ2n) is 2.19. The second kappa shape index (κ2) is 6.04. The fourth-order valence-corrected chi connectivity index (χ4v) is 3.64. The molecule has 0 aromatic carbocycles. The Morgan fingerprint density at radius 3 is 2.00 bits per heavy atom. The van der Waals surface area contributed by atoms with Crippen molar-refractivity contribution in [3.63, 3.8) is 0 Å². The zero-order chi connectivity index (χ0) is 6.04. The molecule has 0 aromatic heterocycles. The van der Waals surface area contributed by atoms with Gasteiger partial charge in [0, 0.05) is 32.7 Å². The number of hydrogen-bond donors (Lipinski definition) is 0. The molecule has 0 aliphatic carbocycles. The quantitative estimate of drug-likeness (QED) is 0.523. The van der Waals surface area contributed by atoms with Crippen molar-refractivity contribution in [1.82, 2.24) is 0 Å². The molecule has 1 rings (SSSR count). The van der Waals surface area contributed by atoms with E-state index in [9.17, 15) is 4.79 Å². The summed E-state index contributed by atoms with van der Waals surface area (Å²) >= 11 is 0. The van der Waals surface area contributed by atoms with Crippen molar-refractivity contribution in [3.05, 3.63) is 7.43 Å². The van der Waals surface area contributed by atoms with E-state index in [1.165, 1.54) is 0 Å². The van der Waals surface area contributed by atoms with Gasteiger partial charge in [-0.3, -0.25) is 6.29 Å². The van der Waals surface area contributed by atoms with Crippen LogP contribution in [0.15, 0.2) is 0 Å². The van der Waals surface area contributed by atoms with E-state index in [0.717, 1.165) is 11.5 Å². The van der Waals surface area contributed by atoms with Gasteiger partial charge < -0.3 is 12.2 Å². The number of hydrogen-bond acceptors (Lipinski definition) is 3. The molecule has 0 unspecified atom stereocenters. The summed E-state index contributed by atoms with van der Waals surface area (Å²) in [6, 6.07) is 0. The molecule has 0 N–H and O–H groups in total. The van der Waals surface area contributed by atoms with E-state index in [1.807, 2.05) is 13.2 Å². The third-order valence-electron chi connectivity index (χ3n) is 1.08. The van der Waals surface area contributed by atoms with Crippen LogP contribution in [-0.2, 0) is 37.5 Å². The predicted molar refractivity (Wildman–Crippen MR) is 45.1 cm³/mol. The first-order chi connectivity index (χ1) is 3.77. The average molecular weight is 251 g/mol. The molecule has 1 aliphatic heterocycles. The van der Waals surface area contributed by atoms with Crippen molar-refractivity contribution in [3.8, 4) is 0 Å². The SMILES string of the molecule is CC1([C-]=O)CSSC1.[CH3-].[Y]. The average Bonchev–Trinajstić information content (AvgIpc) is 2.17. The first kappa shape index (κ1) is 14.0. The normalized spacial score (nSPS) is 20.5. The summed E-state index contributed by atoms with van der Waals surface area (Å²) in [4.78, 5) is 10.2. The van der Waals surface area contributed by atoms with Crippen LogP contribution >= 0.6 is 21.6 Å². The van der Waals surface area contributed by atoms with Gasteiger partial charge in [0.05, 0.1) is 0 Å². The van der Waals surface area contributed by atoms with Crippen LogP contribution in [0.3, 0.4) is 0 Å². The van der Waals surface area contributed by atoms with Gasteiger partial charge in [-0.15, -0.1) is 5.41 Å². The standard InChI is InChI=1S/C5H7OS2.CH3.Y/c1-5(2-6)3-7-8-4-5;;/h3-4H2,1H3;1H3;/q2*-1;. The van der Waals surface area contributed by atoms with Crippen molar-refractivity contribution >= 4 is 27.9 Å². The van der Waals surface area contributed by atoms with E-state index in [4.69, 9.17) is 0 Å². The van der Waals surface area contributed by atoms with Gasteiger partial charge >= 0.3 is 0 Å². The monoisotopic (exact) mass is 251 g/mol. The summed E-state index contributed by atoms with van der Waals surface area (Å²) in [5.74, 6) is 1.86. The van der Waals surface area contributed by atoms with Gasteiger partial charge in [0.1, 0.15) is 0 Å². The largest absolute Gasteiger partial charge is 0.541 e. The Labute approximate surface area is 95.8 Å². The third-order valence-corrected chi connectivity index (χ3v) is 3.97. The maximum absolute atomic E-state index is 10.2. The van der Waals surface area contributed by atoms with Crippen molar-refractivity contribution in [1.29, 1.82) is 0 Å². The van der Waals surface area contributed by atoms with Crippen LogP contribution in [0, 0.1) is 12.8 Å². The Kier molecular flexibility index (Phi) is 8.47. The van der Waals surface area contributed by atoms with E-state index >= 15 is 0 Å². The van der Waals surface area contributed by atoms with Crippen molar-refractivity contribution in [2.45, 2.75) is 6.92 Å². The van der Waals surface area contributed by atoms with Gasteiger partial charge in [-0.1, -0.05) is 28.5 Å². The molecular formula is C6H10OS2Y-2. The molecule has 1 heterocycles. The summed E-state index contributed by atoms with van der Waals surface area (Å²) in [6.07, 6.45) is 2.05. The maximum Gasteiger partial charge on any atom is 0 e. The molecule has 1 saturated heterocycles. The molecule has 0 spiro atoms. The molecule has 0 amide bonds. The van der Waals surface area contributed by atoms with Crippen molar-refractivity contribution < 1.29 is 37.5 Å². The van der Waals surface area contributed by atoms with Gasteiger partial charge in [0.2, 0.25) is 0 Å². The van der Waals surface area contributed by atoms with Crippen LogP contribution in [-0.4, -0.2) is 17.8 Å². The molecule has 0 atom stereocenters. The van der Waals surface area contributed by atoms with E-state index in [2.05, 4.69) is 0 Å². The first-order valence-corrected chi connectivity index (χ1v) is 4.89. The molecule has 1 radical (unpaired) electrons. The molecule has 1 nitrogen and oxygen atoms in total. The van der Waals surface area contributed by atoms with Gasteiger partial charge in [0.15, 0.2) is 0 Å². The van der Waals surface area contributed by atoms with Gasteiger partial charge in [-0.25, -0.2) is 0 Å². The molecular weight excluding hydrogens is 241 g/mol. The van der Waals surface area contributed by atoms with Gasteiger partial charge in [-0.05, 0) is 11.5 Å². The molecule has 10 heavy (non-hydrogen) atoms. The van der Waals surface area contributed by atoms with E-state index in [1.54, 1.807) is 21.6 Å². The maximum atomic E-state index is 10.2. The number of rotatable bonds is 1. The Balaban J connectivity index is 0. The molecule has 0 aromatic rings. The summed E-state index contributed by atoms with van der Waals surface area (Å²) in [5.41, 5.74) is -0.144. The minimum absolute atomic E-state index is 0. The van der Waals surface area contributed by atoms with Crippen LogP contribution in [0.1, 0.15) is 6.92 Å². The minimum atomic E-state index is -0.144. The molecule has 1 aliphatic rings. The number of carbonyl (C=O) groups excluding carboxylic acids is 1. The van der Waals surface area contributed by atoms with Crippen LogP contribution < -0.4 is 0 Å². The topological polar surface area (TPSA) is 17.1 Å². The summed E-state index contributed by atoms with van der Waals surface area (Å²) in [7, 11) is 3.52. The van der Waals surface area contributed by atoms with Crippen LogP contribution in [0.2, 0.25) is 0 Å². The van der Waals surface area contributed by atoms with Crippen LogP contribution in [0.25, 0.3) is 0 Å². The fourth-order valence-electron chi connectivity index (χ4n) is 0.444. The molecule has 1 fully saturated rings. The summed E-state index contributed by atoms with van der Waals surface area (Å²) in [5, 5.41) is 0. The van der Waals surface area contributed by atoms with E-state index in [0.29, 0.717) is 0 Å². The van der Waals surface area contributed by atoms with Crippen molar-refractivity contribution in [2.24, 2.45) is 5.41 Å². The van der Waals surface area contributed by atoms with Gasteiger partial charge in [-0.2, -0.15) is 0 Å². The Morgan fingerprint density at radius 1 is 1.40 bits per heavy atom. The van der Waals surface area contributed by atoms with E-state index in [-0.39, 0.29) is 45.6 Å². The van der Waals surface area contributed by atoms with E-state index < -0.39 is 0 Å². The summed E-state index contributed by atoms with van der Waals surface area (Å²) in [6.45, 7) is 1.95. The zero-order valence-corrected chi connectivity index (χ0v) is 10.7. The Bertz CT molecular complexity index is 102. The molecule has 0 bridgehead atoms. The zero-order valence-electron chi connectivity index (χ0n) is 6.22. The van der Waals surface area contributed by atoms with Crippen molar-refractivity contribution in [2.75, 3.05) is 11.5 Å².